The van der Waals surface area contributed by atoms with Gasteiger partial charge in [0.25, 0.3) is 5.91 Å². The van der Waals surface area contributed by atoms with Crippen molar-refractivity contribution in [1.82, 2.24) is 4.37 Å². The molecule has 0 unspecified atom stereocenters. The lowest BCUT2D eigenvalue weighted by molar-refractivity contribution is 0.0697. The number of aryl methyl sites for hydroxylation is 1. The van der Waals surface area contributed by atoms with E-state index >= 15 is 0 Å². The number of hydrogen-bond acceptors (Lipinski definition) is 5. The van der Waals surface area contributed by atoms with E-state index in [-0.39, 0.29) is 11.5 Å². The number of thiophene rings is 1. The van der Waals surface area contributed by atoms with Gasteiger partial charge in [-0.3, -0.25) is 4.79 Å². The average Bonchev–Trinajstić information content (AvgIpc) is 2.95. The Balaban J connectivity index is 2.38. The quantitative estimate of drug-likeness (QED) is 0.939. The van der Waals surface area contributed by atoms with Gasteiger partial charge in [0, 0.05) is 7.05 Å². The molecule has 0 spiro atoms. The van der Waals surface area contributed by atoms with Crippen molar-refractivity contribution in [2.75, 3.05) is 11.9 Å². The van der Waals surface area contributed by atoms with Crippen LogP contribution in [0.5, 0.6) is 0 Å². The minimum absolute atomic E-state index is 0.0902. The normalized spacial score (nSPS) is 10.3. The third-order valence-electron chi connectivity index (χ3n) is 2.40. The molecule has 2 aromatic rings. The Labute approximate surface area is 111 Å². The lowest BCUT2D eigenvalue weighted by Crippen LogP contribution is -2.26. The van der Waals surface area contributed by atoms with E-state index in [9.17, 15) is 9.59 Å². The monoisotopic (exact) mass is 282 g/mol. The van der Waals surface area contributed by atoms with Crippen molar-refractivity contribution in [2.45, 2.75) is 6.92 Å². The Bertz CT molecular complexity index is 589. The number of aromatic nitrogens is 1. The molecule has 0 atom stereocenters. The molecule has 0 aliphatic heterocycles. The van der Waals surface area contributed by atoms with Gasteiger partial charge in [0.1, 0.15) is 10.6 Å². The number of carboxylic acids is 1. The molecule has 2 rings (SSSR count). The first-order valence-electron chi connectivity index (χ1n) is 5.03. The molecule has 0 saturated heterocycles. The van der Waals surface area contributed by atoms with E-state index in [4.69, 9.17) is 5.11 Å². The summed E-state index contributed by atoms with van der Waals surface area (Å²) in [7, 11) is 1.56. The fraction of sp³-hybridized carbons (Fsp3) is 0.182. The molecule has 94 valence electrons. The first-order chi connectivity index (χ1) is 8.52. The van der Waals surface area contributed by atoms with E-state index in [2.05, 4.69) is 4.37 Å². The van der Waals surface area contributed by atoms with Crippen molar-refractivity contribution < 1.29 is 14.7 Å². The zero-order chi connectivity index (χ0) is 13.3. The van der Waals surface area contributed by atoms with E-state index in [0.717, 1.165) is 11.5 Å². The molecule has 1 amide bonds. The molecule has 0 bridgehead atoms. The van der Waals surface area contributed by atoms with Gasteiger partial charge in [0.05, 0.1) is 10.6 Å². The van der Waals surface area contributed by atoms with Crippen LogP contribution in [0.2, 0.25) is 0 Å². The number of anilines is 1. The number of carbonyl (C=O) groups excluding carboxylic acids is 1. The van der Waals surface area contributed by atoms with Gasteiger partial charge in [0.2, 0.25) is 0 Å². The van der Waals surface area contributed by atoms with E-state index in [1.54, 1.807) is 31.5 Å². The minimum atomic E-state index is -1.07. The van der Waals surface area contributed by atoms with Gasteiger partial charge < -0.3 is 10.0 Å². The maximum atomic E-state index is 12.1. The van der Waals surface area contributed by atoms with Gasteiger partial charge in [-0.1, -0.05) is 6.07 Å². The summed E-state index contributed by atoms with van der Waals surface area (Å²) in [6, 6.07) is 3.49. The second-order valence-electron chi connectivity index (χ2n) is 3.59. The molecule has 18 heavy (non-hydrogen) atoms. The summed E-state index contributed by atoms with van der Waals surface area (Å²) in [6.07, 6.45) is 0. The maximum absolute atomic E-state index is 12.1. The van der Waals surface area contributed by atoms with Gasteiger partial charge in [0.15, 0.2) is 0 Å². The number of carbonyl (C=O) groups is 2. The summed E-state index contributed by atoms with van der Waals surface area (Å²) in [5.41, 5.74) is 0.515. The highest BCUT2D eigenvalue weighted by molar-refractivity contribution is 7.13. The lowest BCUT2D eigenvalue weighted by atomic mass is 10.2. The number of amides is 1. The summed E-state index contributed by atoms with van der Waals surface area (Å²) < 4.78 is 3.99. The summed E-state index contributed by atoms with van der Waals surface area (Å²) in [5.74, 6) is -1.29. The first-order valence-corrected chi connectivity index (χ1v) is 6.68. The molecule has 2 aromatic heterocycles. The SMILES string of the molecule is Cc1nsc(N(C)C(=O)c2cccs2)c1C(=O)O. The molecule has 0 saturated carbocycles. The number of nitrogens with zero attached hydrogens (tertiary/aromatic N) is 2. The molecule has 0 radical (unpaired) electrons. The largest absolute Gasteiger partial charge is 0.478 e. The Morgan fingerprint density at radius 3 is 2.72 bits per heavy atom. The highest BCUT2D eigenvalue weighted by Gasteiger charge is 2.24. The average molecular weight is 282 g/mol. The smallest absolute Gasteiger partial charge is 0.340 e. The van der Waals surface area contributed by atoms with Crippen molar-refractivity contribution >= 4 is 39.7 Å². The van der Waals surface area contributed by atoms with Crippen molar-refractivity contribution in [2.24, 2.45) is 0 Å². The zero-order valence-electron chi connectivity index (χ0n) is 9.71. The van der Waals surface area contributed by atoms with Gasteiger partial charge in [-0.05, 0) is 29.9 Å². The van der Waals surface area contributed by atoms with Crippen LogP contribution in [0.25, 0.3) is 0 Å². The fourth-order valence-electron chi connectivity index (χ4n) is 1.49. The number of hydrogen-bond donors (Lipinski definition) is 1. The van der Waals surface area contributed by atoms with Crippen molar-refractivity contribution in [3.05, 3.63) is 33.6 Å². The van der Waals surface area contributed by atoms with Crippen LogP contribution in [0, 0.1) is 6.92 Å². The standard InChI is InChI=1S/C11H10N2O3S2/c1-6-8(11(15)16)10(18-12-6)13(2)9(14)7-4-3-5-17-7/h3-5H,1-2H3,(H,15,16). The highest BCUT2D eigenvalue weighted by Crippen LogP contribution is 2.29. The molecule has 0 aliphatic carbocycles. The van der Waals surface area contributed by atoms with Crippen LogP contribution in [0.4, 0.5) is 5.00 Å². The molecule has 0 fully saturated rings. The van der Waals surface area contributed by atoms with Crippen LogP contribution < -0.4 is 4.90 Å². The van der Waals surface area contributed by atoms with Crippen molar-refractivity contribution in [1.29, 1.82) is 0 Å². The van der Waals surface area contributed by atoms with Crippen molar-refractivity contribution in [3.63, 3.8) is 0 Å². The molecule has 2 heterocycles. The van der Waals surface area contributed by atoms with Gasteiger partial charge in [-0.2, -0.15) is 4.37 Å². The topological polar surface area (TPSA) is 70.5 Å². The maximum Gasteiger partial charge on any atom is 0.340 e. The van der Waals surface area contributed by atoms with Crippen molar-refractivity contribution in [3.8, 4) is 0 Å². The van der Waals surface area contributed by atoms with Crippen LogP contribution >= 0.6 is 22.9 Å². The van der Waals surface area contributed by atoms with E-state index in [0.29, 0.717) is 15.6 Å². The molecule has 0 aromatic carbocycles. The molecule has 1 N–H and O–H groups in total. The van der Waals surface area contributed by atoms with Gasteiger partial charge >= 0.3 is 5.97 Å². The van der Waals surface area contributed by atoms with E-state index in [1.807, 2.05) is 0 Å². The molecular weight excluding hydrogens is 272 g/mol. The summed E-state index contributed by atoms with van der Waals surface area (Å²) >= 11 is 2.34. The first kappa shape index (κ1) is 12.7. The Hall–Kier alpha value is -1.73. The molecule has 5 nitrogen and oxygen atoms in total. The Kier molecular flexibility index (Phi) is 3.44. The van der Waals surface area contributed by atoms with E-state index in [1.165, 1.54) is 16.2 Å². The number of aromatic carboxylic acids is 1. The third-order valence-corrected chi connectivity index (χ3v) is 4.27. The van der Waals surface area contributed by atoms with Gasteiger partial charge in [-0.25, -0.2) is 4.79 Å². The Morgan fingerprint density at radius 1 is 1.44 bits per heavy atom. The number of rotatable bonds is 3. The Morgan fingerprint density at radius 2 is 2.17 bits per heavy atom. The lowest BCUT2D eigenvalue weighted by Gasteiger charge is -2.14. The van der Waals surface area contributed by atoms with Crippen LogP contribution in [-0.2, 0) is 0 Å². The third kappa shape index (κ3) is 2.14. The predicted octanol–water partition coefficient (Wildman–Crippen LogP) is 2.49. The van der Waals surface area contributed by atoms with Crippen LogP contribution in [0.15, 0.2) is 17.5 Å². The predicted molar refractivity (Wildman–Crippen MR) is 70.9 cm³/mol. The van der Waals surface area contributed by atoms with E-state index < -0.39 is 5.97 Å². The molecule has 7 heteroatoms. The number of carboxylic acid groups (broad SMARTS) is 1. The molecule has 0 aliphatic rings. The zero-order valence-corrected chi connectivity index (χ0v) is 11.3. The van der Waals surface area contributed by atoms with Crippen LogP contribution in [0.1, 0.15) is 25.7 Å². The summed E-state index contributed by atoms with van der Waals surface area (Å²) in [6.45, 7) is 1.62. The van der Waals surface area contributed by atoms with Crippen LogP contribution in [0.3, 0.4) is 0 Å². The minimum Gasteiger partial charge on any atom is -0.478 e. The molecular formula is C11H10N2O3S2. The second kappa shape index (κ2) is 4.87. The van der Waals surface area contributed by atoms with Gasteiger partial charge in [-0.15, -0.1) is 11.3 Å². The summed E-state index contributed by atoms with van der Waals surface area (Å²) in [5, 5.41) is 11.3. The highest BCUT2D eigenvalue weighted by atomic mass is 32.1. The fourth-order valence-corrected chi connectivity index (χ4v) is 3.04. The van der Waals surface area contributed by atoms with Crippen LogP contribution in [-0.4, -0.2) is 28.4 Å². The summed E-state index contributed by atoms with van der Waals surface area (Å²) in [4.78, 5) is 25.2. The second-order valence-corrected chi connectivity index (χ2v) is 5.29.